The van der Waals surface area contributed by atoms with Crippen molar-refractivity contribution in [1.82, 2.24) is 0 Å². The smallest absolute Gasteiger partial charge is 0.0185 e. The van der Waals surface area contributed by atoms with Crippen molar-refractivity contribution >= 4 is 10.9 Å². The van der Waals surface area contributed by atoms with Crippen molar-refractivity contribution < 1.29 is 0 Å². The number of allylic oxidation sites excluding steroid dienone is 2. The van der Waals surface area contributed by atoms with Gasteiger partial charge in [-0.25, -0.2) is 10.9 Å². The average molecular weight is 226 g/mol. The first kappa shape index (κ1) is 12.9. The Kier molecular flexibility index (Phi) is 7.81. The summed E-state index contributed by atoms with van der Waals surface area (Å²) in [7, 11) is 0.164. The van der Waals surface area contributed by atoms with Gasteiger partial charge in [0.1, 0.15) is 0 Å². The van der Waals surface area contributed by atoms with Crippen LogP contribution in [0.4, 0.5) is 0 Å². The molecule has 15 heavy (non-hydrogen) atoms. The Bertz CT molecular complexity index is 182. The summed E-state index contributed by atoms with van der Waals surface area (Å²) in [5.41, 5.74) is 0. The topological polar surface area (TPSA) is 0 Å². The molecule has 0 atom stereocenters. The third kappa shape index (κ3) is 6.83. The Morgan fingerprint density at radius 1 is 0.733 bits per heavy atom. The van der Waals surface area contributed by atoms with Crippen LogP contribution in [0.15, 0.2) is 23.0 Å². The molecule has 0 amide bonds. The lowest BCUT2D eigenvalue weighted by atomic mass is 10.1. The standard InChI is InChI=1S/C14H26S/c1-2-3-4-5-6-7-8-9-12-15-13-10-11-14-15/h10-11,13-15H,2-9,12H2,1H3. The average Bonchev–Trinajstić information content (AvgIpc) is 2.75. The number of unbranched alkanes of at least 4 members (excludes halogenated alkanes) is 7. The van der Waals surface area contributed by atoms with Gasteiger partial charge < -0.3 is 0 Å². The second kappa shape index (κ2) is 9.08. The quantitative estimate of drug-likeness (QED) is 0.407. The van der Waals surface area contributed by atoms with Crippen molar-refractivity contribution in [3.05, 3.63) is 23.0 Å². The predicted molar refractivity (Wildman–Crippen MR) is 74.7 cm³/mol. The van der Waals surface area contributed by atoms with E-state index < -0.39 is 0 Å². The molecule has 0 radical (unpaired) electrons. The summed E-state index contributed by atoms with van der Waals surface area (Å²) in [6, 6.07) is 0. The van der Waals surface area contributed by atoms with E-state index in [2.05, 4.69) is 29.9 Å². The fraction of sp³-hybridized carbons (Fsp3) is 0.714. The first-order chi connectivity index (χ1) is 7.43. The third-order valence-electron chi connectivity index (χ3n) is 2.94. The molecule has 0 saturated heterocycles. The molecular weight excluding hydrogens is 200 g/mol. The summed E-state index contributed by atoms with van der Waals surface area (Å²) in [5, 5.41) is 4.77. The van der Waals surface area contributed by atoms with Crippen LogP contribution in [0.25, 0.3) is 0 Å². The molecular formula is C14H26S. The van der Waals surface area contributed by atoms with Gasteiger partial charge in [-0.2, -0.15) is 0 Å². The van der Waals surface area contributed by atoms with E-state index in [1.54, 1.807) is 0 Å². The van der Waals surface area contributed by atoms with Crippen molar-refractivity contribution in [2.24, 2.45) is 0 Å². The van der Waals surface area contributed by atoms with Crippen LogP contribution in [0.2, 0.25) is 0 Å². The highest BCUT2D eigenvalue weighted by Gasteiger charge is 1.98. The van der Waals surface area contributed by atoms with E-state index in [4.69, 9.17) is 0 Å². The molecule has 0 aromatic carbocycles. The van der Waals surface area contributed by atoms with E-state index in [0.717, 1.165) is 0 Å². The van der Waals surface area contributed by atoms with Gasteiger partial charge in [0, 0.05) is 0 Å². The third-order valence-corrected chi connectivity index (χ3v) is 4.88. The van der Waals surface area contributed by atoms with E-state index in [1.165, 1.54) is 57.1 Å². The molecule has 1 heteroatoms. The summed E-state index contributed by atoms with van der Waals surface area (Å²) in [6.45, 7) is 2.28. The van der Waals surface area contributed by atoms with Gasteiger partial charge >= 0.3 is 0 Å². The number of hydrogen-bond acceptors (Lipinski definition) is 0. The number of hydrogen-bond donors (Lipinski definition) is 1. The molecule has 0 spiro atoms. The Morgan fingerprint density at radius 2 is 1.27 bits per heavy atom. The van der Waals surface area contributed by atoms with E-state index in [9.17, 15) is 0 Å². The van der Waals surface area contributed by atoms with Crippen LogP contribution in [0.3, 0.4) is 0 Å². The van der Waals surface area contributed by atoms with Crippen LogP contribution < -0.4 is 0 Å². The number of thiol groups is 1. The first-order valence-corrected chi connectivity index (χ1v) is 8.20. The molecule has 0 saturated carbocycles. The molecule has 0 nitrogen and oxygen atoms in total. The Hall–Kier alpha value is -0.170. The van der Waals surface area contributed by atoms with Gasteiger partial charge in [0.2, 0.25) is 0 Å². The van der Waals surface area contributed by atoms with Crippen molar-refractivity contribution in [2.45, 2.75) is 58.3 Å². The van der Waals surface area contributed by atoms with Crippen LogP contribution in [0.1, 0.15) is 58.3 Å². The lowest BCUT2D eigenvalue weighted by Crippen LogP contribution is -1.85. The van der Waals surface area contributed by atoms with Crippen molar-refractivity contribution in [1.29, 1.82) is 0 Å². The van der Waals surface area contributed by atoms with E-state index in [0.29, 0.717) is 0 Å². The molecule has 88 valence electrons. The molecule has 1 aliphatic heterocycles. The lowest BCUT2D eigenvalue weighted by molar-refractivity contribution is 0.586. The highest BCUT2D eigenvalue weighted by molar-refractivity contribution is 8.22. The molecule has 0 aromatic heterocycles. The maximum absolute atomic E-state index is 2.39. The molecule has 0 unspecified atom stereocenters. The Morgan fingerprint density at radius 3 is 1.87 bits per heavy atom. The predicted octanol–water partition coefficient (Wildman–Crippen LogP) is 5.17. The summed E-state index contributed by atoms with van der Waals surface area (Å²) >= 11 is 0. The molecule has 0 fully saturated rings. The second-order valence-corrected chi connectivity index (χ2v) is 6.47. The molecule has 0 N–H and O–H groups in total. The van der Waals surface area contributed by atoms with Gasteiger partial charge in [-0.15, -0.1) is 0 Å². The van der Waals surface area contributed by atoms with Gasteiger partial charge in [0.25, 0.3) is 0 Å². The normalized spacial score (nSPS) is 16.5. The van der Waals surface area contributed by atoms with E-state index >= 15 is 0 Å². The van der Waals surface area contributed by atoms with Crippen LogP contribution in [-0.4, -0.2) is 5.75 Å². The fourth-order valence-electron chi connectivity index (χ4n) is 1.95. The van der Waals surface area contributed by atoms with Crippen molar-refractivity contribution in [2.75, 3.05) is 5.75 Å². The van der Waals surface area contributed by atoms with Crippen LogP contribution >= 0.6 is 10.9 Å². The Labute approximate surface area is 98.2 Å². The minimum absolute atomic E-state index is 0.164. The van der Waals surface area contributed by atoms with Crippen LogP contribution in [-0.2, 0) is 0 Å². The monoisotopic (exact) mass is 226 g/mol. The zero-order chi connectivity index (χ0) is 10.8. The SMILES string of the molecule is CCCCCCCCCC[SH]1C=CC=C1. The summed E-state index contributed by atoms with van der Waals surface area (Å²) < 4.78 is 0. The molecule has 0 bridgehead atoms. The molecule has 1 aliphatic rings. The zero-order valence-electron chi connectivity index (χ0n) is 10.1. The fourth-order valence-corrected chi connectivity index (χ4v) is 3.57. The van der Waals surface area contributed by atoms with Crippen molar-refractivity contribution in [3.8, 4) is 0 Å². The maximum Gasteiger partial charge on any atom is -0.0185 e. The molecule has 1 rings (SSSR count). The largest absolute Gasteiger partial charge is 0.213 e. The first-order valence-electron chi connectivity index (χ1n) is 6.54. The van der Waals surface area contributed by atoms with E-state index in [1.807, 2.05) is 0 Å². The van der Waals surface area contributed by atoms with Gasteiger partial charge in [0.05, 0.1) is 0 Å². The Balaban J connectivity index is 1.77. The zero-order valence-corrected chi connectivity index (χ0v) is 11.0. The van der Waals surface area contributed by atoms with Gasteiger partial charge in [-0.1, -0.05) is 64.0 Å². The van der Waals surface area contributed by atoms with Crippen LogP contribution in [0.5, 0.6) is 0 Å². The molecule has 1 heterocycles. The number of rotatable bonds is 9. The molecule has 0 aromatic rings. The van der Waals surface area contributed by atoms with Gasteiger partial charge in [0.15, 0.2) is 0 Å². The van der Waals surface area contributed by atoms with E-state index in [-0.39, 0.29) is 10.9 Å². The summed E-state index contributed by atoms with van der Waals surface area (Å²) in [5.74, 6) is 1.43. The highest BCUT2D eigenvalue weighted by Crippen LogP contribution is 2.33. The van der Waals surface area contributed by atoms with Crippen molar-refractivity contribution in [3.63, 3.8) is 0 Å². The summed E-state index contributed by atoms with van der Waals surface area (Å²) in [4.78, 5) is 0. The highest BCUT2D eigenvalue weighted by atomic mass is 32.2. The lowest BCUT2D eigenvalue weighted by Gasteiger charge is -2.08. The summed E-state index contributed by atoms with van der Waals surface area (Å²) in [6.07, 6.45) is 15.9. The van der Waals surface area contributed by atoms with Crippen LogP contribution in [0, 0.1) is 0 Å². The van der Waals surface area contributed by atoms with Gasteiger partial charge in [-0.05, 0) is 23.0 Å². The molecule has 0 aliphatic carbocycles. The van der Waals surface area contributed by atoms with Gasteiger partial charge in [-0.3, -0.25) is 0 Å². The minimum atomic E-state index is 0.164. The maximum atomic E-state index is 2.39. The second-order valence-electron chi connectivity index (χ2n) is 4.40. The minimum Gasteiger partial charge on any atom is -0.213 e.